The second-order valence-corrected chi connectivity index (χ2v) is 7.66. The summed E-state index contributed by atoms with van der Waals surface area (Å²) in [5.74, 6) is -0.110. The Morgan fingerprint density at radius 3 is 2.44 bits per heavy atom. The predicted molar refractivity (Wildman–Crippen MR) is 125 cm³/mol. The van der Waals surface area contributed by atoms with E-state index in [0.717, 1.165) is 22.1 Å². The summed E-state index contributed by atoms with van der Waals surface area (Å²) in [5.41, 5.74) is 14.2. The summed E-state index contributed by atoms with van der Waals surface area (Å²) in [4.78, 5) is 23.9. The van der Waals surface area contributed by atoms with Crippen LogP contribution in [0.2, 0.25) is 0 Å². The molecule has 8 heteroatoms. The molecule has 2 atom stereocenters. The summed E-state index contributed by atoms with van der Waals surface area (Å²) >= 11 is 0. The summed E-state index contributed by atoms with van der Waals surface area (Å²) in [7, 11) is 0. The first-order valence-electron chi connectivity index (χ1n) is 10.2. The highest BCUT2D eigenvalue weighted by Gasteiger charge is 2.14. The molecule has 162 valence electrons. The monoisotopic (exact) mass is 428 g/mol. The van der Waals surface area contributed by atoms with Crippen molar-refractivity contribution in [2.24, 2.45) is 5.73 Å². The number of nitrogens with zero attached hydrogens (tertiary/aromatic N) is 3. The van der Waals surface area contributed by atoms with Crippen LogP contribution in [0, 0.1) is 0 Å². The fraction of sp³-hybridized carbons (Fsp3) is 0.167. The molecular formula is C24H24N6O2. The highest BCUT2D eigenvalue weighted by molar-refractivity contribution is 5.83. The third-order valence-electron chi connectivity index (χ3n) is 5.26. The fourth-order valence-electron chi connectivity index (χ4n) is 3.47. The minimum absolute atomic E-state index is 0.0471. The molecule has 4 rings (SSSR count). The zero-order valence-corrected chi connectivity index (χ0v) is 17.6. The van der Waals surface area contributed by atoms with Crippen LogP contribution in [0.1, 0.15) is 24.1 Å². The molecule has 0 spiro atoms. The number of nitrogen functional groups attached to an aromatic ring is 1. The maximum absolute atomic E-state index is 10.9. The van der Waals surface area contributed by atoms with E-state index in [4.69, 9.17) is 16.6 Å². The van der Waals surface area contributed by atoms with Crippen LogP contribution >= 0.6 is 0 Å². The molecule has 1 heterocycles. The number of carboxylic acids is 1. The molecule has 0 bridgehead atoms. The molecule has 0 radical (unpaired) electrons. The van der Waals surface area contributed by atoms with Crippen molar-refractivity contribution < 1.29 is 9.90 Å². The van der Waals surface area contributed by atoms with E-state index in [1.807, 2.05) is 43.3 Å². The number of benzene rings is 3. The second kappa shape index (κ2) is 8.99. The van der Waals surface area contributed by atoms with Crippen molar-refractivity contribution in [1.82, 2.24) is 15.0 Å². The van der Waals surface area contributed by atoms with E-state index < -0.39 is 12.0 Å². The van der Waals surface area contributed by atoms with E-state index >= 15 is 0 Å². The van der Waals surface area contributed by atoms with Crippen molar-refractivity contribution in [1.29, 1.82) is 0 Å². The van der Waals surface area contributed by atoms with Gasteiger partial charge in [0.2, 0.25) is 11.9 Å². The van der Waals surface area contributed by atoms with Gasteiger partial charge in [-0.3, -0.25) is 4.79 Å². The first kappa shape index (κ1) is 21.2. The van der Waals surface area contributed by atoms with Gasteiger partial charge in [0.25, 0.3) is 0 Å². The molecule has 8 nitrogen and oxygen atoms in total. The van der Waals surface area contributed by atoms with E-state index in [1.54, 1.807) is 0 Å². The third kappa shape index (κ3) is 4.81. The van der Waals surface area contributed by atoms with Gasteiger partial charge in [0.05, 0.1) is 6.04 Å². The van der Waals surface area contributed by atoms with Crippen LogP contribution in [0.5, 0.6) is 0 Å². The number of aromatic nitrogens is 3. The van der Waals surface area contributed by atoms with Crippen molar-refractivity contribution in [3.63, 3.8) is 0 Å². The lowest BCUT2D eigenvalue weighted by molar-refractivity contribution is -0.138. The van der Waals surface area contributed by atoms with Crippen LogP contribution < -0.4 is 16.8 Å². The van der Waals surface area contributed by atoms with E-state index in [1.165, 1.54) is 5.39 Å². The van der Waals surface area contributed by atoms with Gasteiger partial charge < -0.3 is 21.9 Å². The Morgan fingerprint density at radius 1 is 1.00 bits per heavy atom. The number of hydrogen-bond acceptors (Lipinski definition) is 7. The highest BCUT2D eigenvalue weighted by Crippen LogP contribution is 2.24. The molecule has 0 aliphatic carbocycles. The van der Waals surface area contributed by atoms with Gasteiger partial charge in [0, 0.05) is 5.56 Å². The lowest BCUT2D eigenvalue weighted by atomic mass is 10.0. The molecule has 6 N–H and O–H groups in total. The van der Waals surface area contributed by atoms with Crippen LogP contribution in [0.15, 0.2) is 66.7 Å². The molecule has 0 aliphatic heterocycles. The molecule has 3 aromatic carbocycles. The Labute approximate surface area is 185 Å². The van der Waals surface area contributed by atoms with Crippen LogP contribution in [0.25, 0.3) is 22.2 Å². The molecule has 0 amide bonds. The largest absolute Gasteiger partial charge is 0.480 e. The fourth-order valence-corrected chi connectivity index (χ4v) is 3.47. The van der Waals surface area contributed by atoms with Crippen LogP contribution in [0.4, 0.5) is 11.9 Å². The molecule has 32 heavy (non-hydrogen) atoms. The van der Waals surface area contributed by atoms with E-state index in [-0.39, 0.29) is 18.4 Å². The Kier molecular flexibility index (Phi) is 5.96. The van der Waals surface area contributed by atoms with Crippen molar-refractivity contribution in [2.45, 2.75) is 25.4 Å². The molecule has 0 saturated carbocycles. The smallest absolute Gasteiger partial charge is 0.320 e. The van der Waals surface area contributed by atoms with Crippen molar-refractivity contribution in [3.8, 4) is 11.4 Å². The number of aliphatic carboxylic acids is 1. The molecule has 0 unspecified atom stereocenters. The Bertz CT molecular complexity index is 1260. The average molecular weight is 428 g/mol. The number of anilines is 2. The quantitative estimate of drug-likeness (QED) is 0.351. The standard InChI is InChI=1S/C24H24N6O2/c1-14(18-11-10-16-4-2-3-5-19(16)13-18)27-24-29-21(28-23(26)30-24)17-8-6-15(7-9-17)12-20(25)22(31)32/h2-11,13-14,20H,12,25H2,1H3,(H,31,32)(H3,26,27,28,29,30)/t14-,20-/m0/s1. The van der Waals surface area contributed by atoms with Crippen LogP contribution in [-0.2, 0) is 11.2 Å². The van der Waals surface area contributed by atoms with Crippen LogP contribution in [0.3, 0.4) is 0 Å². The predicted octanol–water partition coefficient (Wildman–Crippen LogP) is 3.40. The zero-order chi connectivity index (χ0) is 22.7. The Balaban J connectivity index is 1.53. The number of fused-ring (bicyclic) bond motifs is 1. The Morgan fingerprint density at radius 2 is 1.72 bits per heavy atom. The normalized spacial score (nSPS) is 12.9. The van der Waals surface area contributed by atoms with Gasteiger partial charge in [-0.25, -0.2) is 0 Å². The highest BCUT2D eigenvalue weighted by atomic mass is 16.4. The number of carboxylic acid groups (broad SMARTS) is 1. The van der Waals surface area contributed by atoms with E-state index in [2.05, 4.69) is 50.6 Å². The van der Waals surface area contributed by atoms with Gasteiger partial charge >= 0.3 is 5.97 Å². The number of nitrogens with two attached hydrogens (primary N) is 2. The molecule has 0 saturated heterocycles. The summed E-state index contributed by atoms with van der Waals surface area (Å²) in [6.45, 7) is 2.03. The average Bonchev–Trinajstić information content (AvgIpc) is 2.78. The van der Waals surface area contributed by atoms with Gasteiger partial charge in [0.15, 0.2) is 5.82 Å². The number of carbonyl (C=O) groups is 1. The topological polar surface area (TPSA) is 140 Å². The summed E-state index contributed by atoms with van der Waals surface area (Å²) in [6.07, 6.45) is 0.241. The first-order chi connectivity index (χ1) is 15.4. The van der Waals surface area contributed by atoms with Crippen LogP contribution in [-0.4, -0.2) is 32.1 Å². The van der Waals surface area contributed by atoms with Crippen molar-refractivity contribution in [3.05, 3.63) is 77.9 Å². The first-order valence-corrected chi connectivity index (χ1v) is 10.2. The number of nitrogens with one attached hydrogen (secondary N) is 1. The van der Waals surface area contributed by atoms with Crippen molar-refractivity contribution in [2.75, 3.05) is 11.1 Å². The van der Waals surface area contributed by atoms with Gasteiger partial charge in [0.1, 0.15) is 6.04 Å². The molecule has 1 aromatic heterocycles. The van der Waals surface area contributed by atoms with E-state index in [9.17, 15) is 4.79 Å². The SMILES string of the molecule is C[C@H](Nc1nc(N)nc(-c2ccc(C[C@H](N)C(=O)O)cc2)n1)c1ccc2ccccc2c1. The molecule has 4 aromatic rings. The summed E-state index contributed by atoms with van der Waals surface area (Å²) in [5, 5.41) is 14.6. The minimum Gasteiger partial charge on any atom is -0.480 e. The van der Waals surface area contributed by atoms with Gasteiger partial charge in [-0.05, 0) is 41.3 Å². The molecule has 0 aliphatic rings. The zero-order valence-electron chi connectivity index (χ0n) is 17.6. The van der Waals surface area contributed by atoms with E-state index in [0.29, 0.717) is 11.8 Å². The van der Waals surface area contributed by atoms with Gasteiger partial charge in [-0.1, -0.05) is 60.7 Å². The minimum atomic E-state index is -1.03. The van der Waals surface area contributed by atoms with Gasteiger partial charge in [-0.15, -0.1) is 0 Å². The third-order valence-corrected chi connectivity index (χ3v) is 5.26. The maximum Gasteiger partial charge on any atom is 0.320 e. The lowest BCUT2D eigenvalue weighted by Gasteiger charge is -2.16. The van der Waals surface area contributed by atoms with Gasteiger partial charge in [-0.2, -0.15) is 15.0 Å². The summed E-state index contributed by atoms with van der Waals surface area (Å²) < 4.78 is 0. The second-order valence-electron chi connectivity index (χ2n) is 7.66. The maximum atomic E-state index is 10.9. The Hall–Kier alpha value is -4.04. The number of hydrogen-bond donors (Lipinski definition) is 4. The lowest BCUT2D eigenvalue weighted by Crippen LogP contribution is -2.32. The number of rotatable bonds is 7. The summed E-state index contributed by atoms with van der Waals surface area (Å²) in [6, 6.07) is 20.8. The molecular weight excluding hydrogens is 404 g/mol. The van der Waals surface area contributed by atoms with Crippen molar-refractivity contribution >= 4 is 28.6 Å². The molecule has 0 fully saturated rings.